The molecule has 0 unspecified atom stereocenters. The van der Waals surface area contributed by atoms with Crippen molar-refractivity contribution in [2.45, 2.75) is 62.9 Å². The summed E-state index contributed by atoms with van der Waals surface area (Å²) in [6.45, 7) is 2.08. The summed E-state index contributed by atoms with van der Waals surface area (Å²) in [7, 11) is -5.82. The van der Waals surface area contributed by atoms with Crippen LogP contribution in [0.15, 0.2) is 42.5 Å². The number of hydrogen-bond donors (Lipinski definition) is 4. The molecular weight excluding hydrogens is 642 g/mol. The number of nitrogens with zero attached hydrogens (tertiary/aromatic N) is 3. The minimum absolute atomic E-state index is 0.0726. The molecule has 6 rings (SSSR count). The first-order valence-electron chi connectivity index (χ1n) is 15.2. The molecule has 3 aliphatic rings. The smallest absolute Gasteiger partial charge is 0.351 e. The summed E-state index contributed by atoms with van der Waals surface area (Å²) >= 11 is 0. The molecular formula is C31H33F3N5O7P. The van der Waals surface area contributed by atoms with Crippen LogP contribution < -0.4 is 5.32 Å². The fourth-order valence-corrected chi connectivity index (χ4v) is 7.26. The van der Waals surface area contributed by atoms with Gasteiger partial charge in [-0.1, -0.05) is 12.1 Å². The first kappa shape index (κ1) is 32.7. The highest BCUT2D eigenvalue weighted by Crippen LogP contribution is 2.59. The zero-order valence-electron chi connectivity index (χ0n) is 25.3. The van der Waals surface area contributed by atoms with E-state index in [2.05, 4.69) is 10.3 Å². The third-order valence-electron chi connectivity index (χ3n) is 9.30. The number of nitrogens with one attached hydrogen (secondary N) is 2. The predicted octanol–water partition coefficient (Wildman–Crippen LogP) is 2.83. The zero-order valence-corrected chi connectivity index (χ0v) is 26.2. The first-order valence-corrected chi connectivity index (χ1v) is 16.8. The van der Waals surface area contributed by atoms with Crippen molar-refractivity contribution in [2.75, 3.05) is 19.6 Å². The number of carbonyl (C=O) groups is 4. The van der Waals surface area contributed by atoms with E-state index in [4.69, 9.17) is 9.79 Å². The van der Waals surface area contributed by atoms with Crippen LogP contribution in [0, 0.1) is 5.82 Å². The van der Waals surface area contributed by atoms with Crippen molar-refractivity contribution < 1.29 is 46.7 Å². The molecule has 2 aromatic carbocycles. The summed E-state index contributed by atoms with van der Waals surface area (Å²) in [5.74, 6) is -2.32. The highest BCUT2D eigenvalue weighted by molar-refractivity contribution is 7.52. The van der Waals surface area contributed by atoms with Crippen LogP contribution in [0.2, 0.25) is 0 Å². The standard InChI is InChI=1S/C31H33F3N5O7P/c1-17(40)37-11-9-23-5-7-27(30(43)38-10-8-18-2-4-22(32)13-20(18)15-38)39(23)29(42)26(16-37)36-28(41)25-14-19-12-21(3-6-24(19)35-25)31(33,34)47(44,45)46/h2-4,6,12-14,23,26-27,35H,5,7-11,15-16H2,1H3,(H,36,41)(H2,44,45,46)/t23-,26+,27+/m1/s1. The van der Waals surface area contributed by atoms with Crippen LogP contribution in [0.5, 0.6) is 0 Å². The molecule has 47 heavy (non-hydrogen) atoms. The first-order chi connectivity index (χ1) is 22.1. The Morgan fingerprint density at radius 2 is 1.77 bits per heavy atom. The largest absolute Gasteiger partial charge is 0.399 e. The zero-order chi connectivity index (χ0) is 33.8. The Bertz CT molecular complexity index is 1830. The van der Waals surface area contributed by atoms with E-state index in [0.29, 0.717) is 37.8 Å². The second-order valence-electron chi connectivity index (χ2n) is 12.3. The van der Waals surface area contributed by atoms with E-state index in [9.17, 15) is 36.9 Å². The fraction of sp³-hybridized carbons (Fsp3) is 0.419. The third kappa shape index (κ3) is 6.15. The van der Waals surface area contributed by atoms with Gasteiger partial charge in [0.05, 0.1) is 0 Å². The molecule has 3 atom stereocenters. The Labute approximate surface area is 267 Å². The molecule has 3 aliphatic heterocycles. The molecule has 2 fully saturated rings. The van der Waals surface area contributed by atoms with Crippen molar-refractivity contribution in [1.82, 2.24) is 25.0 Å². The van der Waals surface area contributed by atoms with Gasteiger partial charge in [0.1, 0.15) is 23.6 Å². The van der Waals surface area contributed by atoms with Crippen LogP contribution >= 0.6 is 7.60 Å². The molecule has 3 aromatic rings. The van der Waals surface area contributed by atoms with Crippen molar-refractivity contribution in [3.8, 4) is 0 Å². The molecule has 0 bridgehead atoms. The molecule has 16 heteroatoms. The van der Waals surface area contributed by atoms with Gasteiger partial charge in [-0.25, -0.2) is 4.39 Å². The van der Waals surface area contributed by atoms with Gasteiger partial charge >= 0.3 is 13.3 Å². The monoisotopic (exact) mass is 675 g/mol. The Morgan fingerprint density at radius 1 is 1.00 bits per heavy atom. The Kier molecular flexibility index (Phi) is 8.43. The van der Waals surface area contributed by atoms with E-state index in [1.54, 1.807) is 11.0 Å². The molecule has 0 saturated carbocycles. The normalized spacial score (nSPS) is 22.0. The van der Waals surface area contributed by atoms with Gasteiger partial charge in [-0.2, -0.15) is 8.78 Å². The lowest BCUT2D eigenvalue weighted by Crippen LogP contribution is -2.61. The van der Waals surface area contributed by atoms with Crippen molar-refractivity contribution in [3.05, 3.63) is 70.7 Å². The molecule has 4 N–H and O–H groups in total. The molecule has 4 heterocycles. The highest BCUT2D eigenvalue weighted by Gasteiger charge is 2.50. The van der Waals surface area contributed by atoms with Gasteiger partial charge < -0.3 is 34.8 Å². The van der Waals surface area contributed by atoms with E-state index in [-0.39, 0.29) is 54.1 Å². The van der Waals surface area contributed by atoms with Gasteiger partial charge in [-0.3, -0.25) is 23.7 Å². The lowest BCUT2D eigenvalue weighted by Gasteiger charge is -2.40. The summed E-state index contributed by atoms with van der Waals surface area (Å²) in [4.78, 5) is 79.5. The minimum atomic E-state index is -5.82. The summed E-state index contributed by atoms with van der Waals surface area (Å²) in [6.07, 6.45) is 1.87. The number of amides is 4. The lowest BCUT2D eigenvalue weighted by atomic mass is 9.98. The maximum Gasteiger partial charge on any atom is 0.399 e. The van der Waals surface area contributed by atoms with Crippen LogP contribution in [-0.4, -0.2) is 90.9 Å². The van der Waals surface area contributed by atoms with Gasteiger partial charge in [0.15, 0.2) is 0 Å². The van der Waals surface area contributed by atoms with Crippen molar-refractivity contribution >= 4 is 42.1 Å². The van der Waals surface area contributed by atoms with Crippen molar-refractivity contribution in [3.63, 3.8) is 0 Å². The molecule has 250 valence electrons. The number of benzene rings is 2. The van der Waals surface area contributed by atoms with E-state index in [1.165, 1.54) is 34.9 Å². The number of fused-ring (bicyclic) bond motifs is 3. The Morgan fingerprint density at radius 3 is 2.49 bits per heavy atom. The van der Waals surface area contributed by atoms with Crippen LogP contribution in [-0.2, 0) is 37.6 Å². The van der Waals surface area contributed by atoms with Crippen molar-refractivity contribution in [2.24, 2.45) is 0 Å². The van der Waals surface area contributed by atoms with Gasteiger partial charge in [0.2, 0.25) is 17.7 Å². The fourth-order valence-electron chi connectivity index (χ4n) is 6.78. The number of halogens is 3. The molecule has 0 spiro atoms. The highest BCUT2D eigenvalue weighted by atomic mass is 31.2. The van der Waals surface area contributed by atoms with Gasteiger partial charge in [-0.15, -0.1) is 0 Å². The van der Waals surface area contributed by atoms with E-state index < -0.39 is 48.5 Å². The van der Waals surface area contributed by atoms with Crippen LogP contribution in [0.3, 0.4) is 0 Å². The van der Waals surface area contributed by atoms with Crippen LogP contribution in [0.4, 0.5) is 13.2 Å². The van der Waals surface area contributed by atoms with Gasteiger partial charge in [0, 0.05) is 55.6 Å². The van der Waals surface area contributed by atoms with Gasteiger partial charge in [-0.05, 0) is 67.1 Å². The molecule has 2 saturated heterocycles. The number of aromatic nitrogens is 1. The van der Waals surface area contributed by atoms with E-state index in [1.807, 2.05) is 0 Å². The molecule has 1 aromatic heterocycles. The summed E-state index contributed by atoms with van der Waals surface area (Å²) < 4.78 is 53.9. The minimum Gasteiger partial charge on any atom is -0.351 e. The maximum absolute atomic E-state index is 14.3. The summed E-state index contributed by atoms with van der Waals surface area (Å²) in [5, 5.41) is 2.72. The lowest BCUT2D eigenvalue weighted by molar-refractivity contribution is -0.149. The number of carbonyl (C=O) groups excluding carboxylic acids is 4. The number of hydrogen-bond acceptors (Lipinski definition) is 5. The summed E-state index contributed by atoms with van der Waals surface area (Å²) in [6, 6.07) is 6.13. The number of H-pyrrole nitrogens is 1. The molecule has 0 radical (unpaired) electrons. The van der Waals surface area contributed by atoms with Gasteiger partial charge in [0.25, 0.3) is 5.91 Å². The Hall–Kier alpha value is -4.20. The van der Waals surface area contributed by atoms with E-state index in [0.717, 1.165) is 23.8 Å². The van der Waals surface area contributed by atoms with E-state index >= 15 is 0 Å². The average Bonchev–Trinajstić information content (AvgIpc) is 3.64. The molecule has 0 aliphatic carbocycles. The van der Waals surface area contributed by atoms with Crippen LogP contribution in [0.25, 0.3) is 10.9 Å². The third-order valence-corrected chi connectivity index (χ3v) is 10.3. The quantitative estimate of drug-likeness (QED) is 0.302. The number of alkyl halides is 2. The van der Waals surface area contributed by atoms with Crippen molar-refractivity contribution in [1.29, 1.82) is 0 Å². The summed E-state index contributed by atoms with van der Waals surface area (Å²) in [5.41, 5.74) is -3.62. The number of rotatable bonds is 5. The Balaban J connectivity index is 1.24. The molecule has 12 nitrogen and oxygen atoms in total. The van der Waals surface area contributed by atoms with Crippen LogP contribution in [0.1, 0.15) is 53.4 Å². The predicted molar refractivity (Wildman–Crippen MR) is 162 cm³/mol. The SMILES string of the molecule is CC(=O)N1CC[C@H]2CC[C@@H](C(=O)N3CCc4ccc(F)cc4C3)N2C(=O)[C@@H](NC(=O)c2cc3cc(C(F)(F)P(=O)(O)O)ccc3[nH]2)C1. The number of aromatic amines is 1. The second kappa shape index (κ2) is 12.1. The molecule has 4 amide bonds. The average molecular weight is 676 g/mol. The second-order valence-corrected chi connectivity index (χ2v) is 13.9. The maximum atomic E-state index is 14.3. The topological polar surface area (TPSA) is 163 Å².